The molecule has 0 aromatic carbocycles. The maximum atomic E-state index is 12.0. The zero-order valence-corrected chi connectivity index (χ0v) is 12.2. The molecule has 0 aromatic heterocycles. The van der Waals surface area contributed by atoms with Crippen molar-refractivity contribution >= 4 is 5.91 Å². The van der Waals surface area contributed by atoms with Crippen molar-refractivity contribution in [1.82, 2.24) is 10.2 Å². The van der Waals surface area contributed by atoms with Gasteiger partial charge in [-0.25, -0.2) is 0 Å². The smallest absolute Gasteiger partial charge is 0.234 e. The van der Waals surface area contributed by atoms with E-state index in [9.17, 15) is 9.90 Å². The van der Waals surface area contributed by atoms with Crippen LogP contribution in [0.15, 0.2) is 0 Å². The van der Waals surface area contributed by atoms with Crippen molar-refractivity contribution < 1.29 is 9.90 Å². The van der Waals surface area contributed by atoms with Crippen LogP contribution < -0.4 is 5.32 Å². The molecule has 1 rings (SSSR count). The third-order valence-corrected chi connectivity index (χ3v) is 3.82. The summed E-state index contributed by atoms with van der Waals surface area (Å²) < 4.78 is 0. The van der Waals surface area contributed by atoms with Crippen molar-refractivity contribution in [2.24, 2.45) is 0 Å². The molecule has 0 radical (unpaired) electrons. The Balaban J connectivity index is 2.43. The van der Waals surface area contributed by atoms with Gasteiger partial charge in [0.15, 0.2) is 0 Å². The first-order valence-corrected chi connectivity index (χ1v) is 7.07. The van der Waals surface area contributed by atoms with Crippen molar-refractivity contribution in [3.05, 3.63) is 0 Å². The van der Waals surface area contributed by atoms with Gasteiger partial charge in [0.1, 0.15) is 0 Å². The molecule has 1 heterocycles. The highest BCUT2D eigenvalue weighted by molar-refractivity contribution is 5.78. The minimum Gasteiger partial charge on any atom is -0.393 e. The molecule has 1 amide bonds. The Bertz CT molecular complexity index is 277. The predicted octanol–water partition coefficient (Wildman–Crippen LogP) is 1.53. The van der Waals surface area contributed by atoms with Crippen LogP contribution in [0.3, 0.4) is 0 Å². The van der Waals surface area contributed by atoms with Crippen LogP contribution in [0.4, 0.5) is 0 Å². The van der Waals surface area contributed by atoms with E-state index >= 15 is 0 Å². The average molecular weight is 256 g/mol. The second-order valence-electron chi connectivity index (χ2n) is 6.14. The second kappa shape index (κ2) is 6.53. The molecule has 1 aliphatic heterocycles. The molecule has 2 unspecified atom stereocenters. The normalized spacial score (nSPS) is 23.1. The quantitative estimate of drug-likeness (QED) is 0.758. The van der Waals surface area contributed by atoms with Gasteiger partial charge in [-0.05, 0) is 53.0 Å². The largest absolute Gasteiger partial charge is 0.393 e. The minimum atomic E-state index is -0.286. The summed E-state index contributed by atoms with van der Waals surface area (Å²) in [4.78, 5) is 14.2. The average Bonchev–Trinajstić information content (AvgIpc) is 2.64. The van der Waals surface area contributed by atoms with Crippen molar-refractivity contribution in [3.63, 3.8) is 0 Å². The van der Waals surface area contributed by atoms with E-state index in [4.69, 9.17) is 0 Å². The maximum Gasteiger partial charge on any atom is 0.234 e. The summed E-state index contributed by atoms with van der Waals surface area (Å²) in [5.41, 5.74) is -0.128. The summed E-state index contributed by atoms with van der Waals surface area (Å²) in [5.74, 6) is 0.0966. The molecular weight excluding hydrogens is 228 g/mol. The molecule has 1 saturated heterocycles. The van der Waals surface area contributed by atoms with Gasteiger partial charge in [0.25, 0.3) is 0 Å². The predicted molar refractivity (Wildman–Crippen MR) is 73.4 cm³/mol. The standard InChI is InChI=1S/C14H28N2O2/c1-5-14(3,4)15-13(18)10-16-8-6-7-12(16)9-11(2)17/h11-12,17H,5-10H2,1-4H3,(H,15,18). The first kappa shape index (κ1) is 15.4. The number of aliphatic hydroxyl groups is 1. The minimum absolute atomic E-state index is 0.0966. The van der Waals surface area contributed by atoms with Crippen LogP contribution in [0, 0.1) is 0 Å². The summed E-state index contributed by atoms with van der Waals surface area (Å²) in [6.45, 7) is 9.41. The van der Waals surface area contributed by atoms with Gasteiger partial charge in [-0.1, -0.05) is 6.92 Å². The van der Waals surface area contributed by atoms with E-state index in [2.05, 4.69) is 17.1 Å². The third kappa shape index (κ3) is 4.94. The topological polar surface area (TPSA) is 52.6 Å². The Labute approximate surface area is 111 Å². The number of hydrogen-bond donors (Lipinski definition) is 2. The van der Waals surface area contributed by atoms with E-state index in [0.29, 0.717) is 12.6 Å². The Morgan fingerprint density at radius 3 is 2.78 bits per heavy atom. The number of nitrogens with zero attached hydrogens (tertiary/aromatic N) is 1. The first-order valence-electron chi connectivity index (χ1n) is 7.07. The number of likely N-dealkylation sites (tertiary alicyclic amines) is 1. The van der Waals surface area contributed by atoms with E-state index in [0.717, 1.165) is 32.2 Å². The lowest BCUT2D eigenvalue weighted by Crippen LogP contribution is -2.48. The lowest BCUT2D eigenvalue weighted by atomic mass is 10.0. The highest BCUT2D eigenvalue weighted by Crippen LogP contribution is 2.21. The summed E-state index contributed by atoms with van der Waals surface area (Å²) in [7, 11) is 0. The third-order valence-electron chi connectivity index (χ3n) is 3.82. The molecule has 2 atom stereocenters. The summed E-state index contributed by atoms with van der Waals surface area (Å²) in [6.07, 6.45) is 3.63. The molecule has 2 N–H and O–H groups in total. The van der Waals surface area contributed by atoms with Gasteiger partial charge in [-0.3, -0.25) is 9.69 Å². The highest BCUT2D eigenvalue weighted by Gasteiger charge is 2.28. The number of amides is 1. The van der Waals surface area contributed by atoms with Crippen LogP contribution in [-0.2, 0) is 4.79 Å². The molecule has 18 heavy (non-hydrogen) atoms. The monoisotopic (exact) mass is 256 g/mol. The summed E-state index contributed by atoms with van der Waals surface area (Å²) in [6, 6.07) is 0.362. The maximum absolute atomic E-state index is 12.0. The van der Waals surface area contributed by atoms with Crippen LogP contribution in [0.5, 0.6) is 0 Å². The van der Waals surface area contributed by atoms with Gasteiger partial charge in [-0.15, -0.1) is 0 Å². The van der Waals surface area contributed by atoms with Gasteiger partial charge in [0.2, 0.25) is 5.91 Å². The van der Waals surface area contributed by atoms with Gasteiger partial charge >= 0.3 is 0 Å². The molecule has 1 aliphatic rings. The molecule has 4 nitrogen and oxygen atoms in total. The van der Waals surface area contributed by atoms with E-state index in [1.165, 1.54) is 0 Å². The molecule has 0 bridgehead atoms. The lowest BCUT2D eigenvalue weighted by Gasteiger charge is -2.29. The Kier molecular flexibility index (Phi) is 5.60. The number of aliphatic hydroxyl groups excluding tert-OH is 1. The van der Waals surface area contributed by atoms with E-state index in [1.807, 2.05) is 20.8 Å². The van der Waals surface area contributed by atoms with E-state index in [1.54, 1.807) is 0 Å². The number of hydrogen-bond acceptors (Lipinski definition) is 3. The zero-order chi connectivity index (χ0) is 13.8. The number of nitrogens with one attached hydrogen (secondary N) is 1. The molecule has 1 fully saturated rings. The molecule has 0 aliphatic carbocycles. The fourth-order valence-electron chi connectivity index (χ4n) is 2.45. The molecule has 0 saturated carbocycles. The van der Waals surface area contributed by atoms with Crippen molar-refractivity contribution in [3.8, 4) is 0 Å². The van der Waals surface area contributed by atoms with E-state index in [-0.39, 0.29) is 17.6 Å². The van der Waals surface area contributed by atoms with Crippen molar-refractivity contribution in [2.45, 2.75) is 71.1 Å². The molecule has 0 aromatic rings. The fraction of sp³-hybridized carbons (Fsp3) is 0.929. The summed E-state index contributed by atoms with van der Waals surface area (Å²) in [5, 5.41) is 12.5. The van der Waals surface area contributed by atoms with Crippen LogP contribution >= 0.6 is 0 Å². The van der Waals surface area contributed by atoms with Crippen molar-refractivity contribution in [1.29, 1.82) is 0 Å². The summed E-state index contributed by atoms with van der Waals surface area (Å²) >= 11 is 0. The van der Waals surface area contributed by atoms with Crippen LogP contribution in [0.25, 0.3) is 0 Å². The van der Waals surface area contributed by atoms with Gasteiger partial charge < -0.3 is 10.4 Å². The van der Waals surface area contributed by atoms with Gasteiger partial charge in [0, 0.05) is 11.6 Å². The van der Waals surface area contributed by atoms with E-state index < -0.39 is 0 Å². The lowest BCUT2D eigenvalue weighted by molar-refractivity contribution is -0.124. The first-order chi connectivity index (χ1) is 8.34. The second-order valence-corrected chi connectivity index (χ2v) is 6.14. The molecule has 106 valence electrons. The van der Waals surface area contributed by atoms with Crippen LogP contribution in [0.1, 0.15) is 53.4 Å². The fourth-order valence-corrected chi connectivity index (χ4v) is 2.45. The van der Waals surface area contributed by atoms with Crippen molar-refractivity contribution in [2.75, 3.05) is 13.1 Å². The number of rotatable bonds is 6. The van der Waals surface area contributed by atoms with Gasteiger partial charge in [-0.2, -0.15) is 0 Å². The zero-order valence-electron chi connectivity index (χ0n) is 12.2. The number of carbonyl (C=O) groups is 1. The SMILES string of the molecule is CCC(C)(C)NC(=O)CN1CCCC1CC(C)O. The Morgan fingerprint density at radius 1 is 1.56 bits per heavy atom. The van der Waals surface area contributed by atoms with Crippen LogP contribution in [0.2, 0.25) is 0 Å². The molecule has 0 spiro atoms. The molecule has 4 heteroatoms. The molecular formula is C14H28N2O2. The highest BCUT2D eigenvalue weighted by atomic mass is 16.3. The van der Waals surface area contributed by atoms with Crippen LogP contribution in [-0.4, -0.2) is 46.7 Å². The Morgan fingerprint density at radius 2 is 2.22 bits per heavy atom. The Hall–Kier alpha value is -0.610. The van der Waals surface area contributed by atoms with Gasteiger partial charge in [0.05, 0.1) is 12.6 Å². The number of carbonyl (C=O) groups excluding carboxylic acids is 1.